The van der Waals surface area contributed by atoms with Gasteiger partial charge in [0.25, 0.3) is 11.8 Å². The highest BCUT2D eigenvalue weighted by Crippen LogP contribution is 2.14. The summed E-state index contributed by atoms with van der Waals surface area (Å²) >= 11 is 0. The largest absolute Gasteiger partial charge is 0.484 e. The van der Waals surface area contributed by atoms with Crippen LogP contribution in [-0.4, -0.2) is 42.5 Å². The van der Waals surface area contributed by atoms with Crippen molar-refractivity contribution in [1.29, 1.82) is 0 Å². The number of nitrogens with one attached hydrogen (secondary N) is 1. The molecule has 2 amide bonds. The summed E-state index contributed by atoms with van der Waals surface area (Å²) in [5.41, 5.74) is 1.68. The van der Waals surface area contributed by atoms with Gasteiger partial charge in [0.1, 0.15) is 5.75 Å². The van der Waals surface area contributed by atoms with Gasteiger partial charge in [0.05, 0.1) is 0 Å². The number of para-hydroxylation sites is 1. The summed E-state index contributed by atoms with van der Waals surface area (Å²) in [5.74, 6) is 0.638. The molecule has 136 valence electrons. The fourth-order valence-corrected chi connectivity index (χ4v) is 3.12. The Bertz CT molecular complexity index is 753. The van der Waals surface area contributed by atoms with E-state index in [1.807, 2.05) is 61.5 Å². The average molecular weight is 352 g/mol. The normalized spacial score (nSPS) is 14.7. The summed E-state index contributed by atoms with van der Waals surface area (Å²) in [5, 5.41) is 3.09. The van der Waals surface area contributed by atoms with Crippen LogP contribution in [0.3, 0.4) is 0 Å². The number of nitrogens with zero attached hydrogens (tertiary/aromatic N) is 1. The Labute approximate surface area is 154 Å². The van der Waals surface area contributed by atoms with Crippen LogP contribution in [0.15, 0.2) is 54.6 Å². The van der Waals surface area contributed by atoms with Gasteiger partial charge in [-0.2, -0.15) is 0 Å². The molecule has 0 aliphatic carbocycles. The van der Waals surface area contributed by atoms with Crippen molar-refractivity contribution in [2.75, 3.05) is 19.7 Å². The number of aryl methyl sites for hydroxylation is 1. The van der Waals surface area contributed by atoms with Crippen LogP contribution in [0.1, 0.15) is 28.8 Å². The quantitative estimate of drug-likeness (QED) is 0.900. The molecule has 5 heteroatoms. The lowest BCUT2D eigenvalue weighted by Gasteiger charge is -2.32. The van der Waals surface area contributed by atoms with E-state index in [2.05, 4.69) is 5.32 Å². The number of carbonyl (C=O) groups is 2. The minimum atomic E-state index is -0.0414. The maximum absolute atomic E-state index is 12.4. The van der Waals surface area contributed by atoms with Crippen molar-refractivity contribution in [3.8, 4) is 5.75 Å². The highest BCUT2D eigenvalue weighted by molar-refractivity contribution is 5.95. The molecule has 2 aromatic carbocycles. The van der Waals surface area contributed by atoms with E-state index in [9.17, 15) is 9.59 Å². The first kappa shape index (κ1) is 18.0. The maximum atomic E-state index is 12.4. The molecule has 0 spiro atoms. The molecule has 1 heterocycles. The predicted molar refractivity (Wildman–Crippen MR) is 100 cm³/mol. The number of likely N-dealkylation sites (tertiary alicyclic amines) is 1. The van der Waals surface area contributed by atoms with Gasteiger partial charge in [-0.25, -0.2) is 0 Å². The zero-order valence-corrected chi connectivity index (χ0v) is 15.0. The van der Waals surface area contributed by atoms with Crippen molar-refractivity contribution in [3.05, 3.63) is 65.7 Å². The molecule has 0 radical (unpaired) electrons. The molecule has 1 N–H and O–H groups in total. The van der Waals surface area contributed by atoms with Gasteiger partial charge in [-0.1, -0.05) is 36.4 Å². The molecule has 2 aromatic rings. The van der Waals surface area contributed by atoms with E-state index in [1.54, 1.807) is 4.90 Å². The Morgan fingerprint density at radius 2 is 1.69 bits per heavy atom. The highest BCUT2D eigenvalue weighted by Gasteiger charge is 2.24. The molecule has 1 fully saturated rings. The van der Waals surface area contributed by atoms with Gasteiger partial charge in [-0.3, -0.25) is 9.59 Å². The Morgan fingerprint density at radius 3 is 2.38 bits per heavy atom. The van der Waals surface area contributed by atoms with Crippen molar-refractivity contribution in [1.82, 2.24) is 10.2 Å². The lowest BCUT2D eigenvalue weighted by Crippen LogP contribution is -2.47. The summed E-state index contributed by atoms with van der Waals surface area (Å²) in [4.78, 5) is 26.5. The molecule has 1 saturated heterocycles. The molecule has 5 nitrogen and oxygen atoms in total. The Balaban J connectivity index is 1.44. The third-order valence-corrected chi connectivity index (χ3v) is 4.68. The molecule has 3 rings (SSSR count). The van der Waals surface area contributed by atoms with Crippen molar-refractivity contribution >= 4 is 11.8 Å². The second-order valence-corrected chi connectivity index (χ2v) is 6.55. The highest BCUT2D eigenvalue weighted by atomic mass is 16.5. The van der Waals surface area contributed by atoms with E-state index < -0.39 is 0 Å². The third kappa shape index (κ3) is 4.63. The number of rotatable bonds is 5. The summed E-state index contributed by atoms with van der Waals surface area (Å²) < 4.78 is 5.52. The molecule has 0 unspecified atom stereocenters. The molecular weight excluding hydrogens is 328 g/mol. The molecule has 26 heavy (non-hydrogen) atoms. The fraction of sp³-hybridized carbons (Fsp3) is 0.333. The molecule has 1 aliphatic rings. The molecule has 1 aliphatic heterocycles. The lowest BCUT2D eigenvalue weighted by molar-refractivity contribution is -0.134. The maximum Gasteiger partial charge on any atom is 0.260 e. The summed E-state index contributed by atoms with van der Waals surface area (Å²) in [6.45, 7) is 3.25. The van der Waals surface area contributed by atoms with E-state index in [0.29, 0.717) is 24.4 Å². The van der Waals surface area contributed by atoms with Crippen molar-refractivity contribution in [2.45, 2.75) is 25.8 Å². The zero-order valence-electron chi connectivity index (χ0n) is 15.0. The number of hydrogen-bond donors (Lipinski definition) is 1. The number of piperidine rings is 1. The van der Waals surface area contributed by atoms with Gasteiger partial charge in [-0.15, -0.1) is 0 Å². The number of carbonyl (C=O) groups excluding carboxylic acids is 2. The van der Waals surface area contributed by atoms with Crippen LogP contribution in [-0.2, 0) is 4.79 Å². The Morgan fingerprint density at radius 1 is 1.04 bits per heavy atom. The number of ether oxygens (including phenoxy) is 1. The van der Waals surface area contributed by atoms with E-state index in [4.69, 9.17) is 4.74 Å². The number of amides is 2. The van der Waals surface area contributed by atoms with Crippen LogP contribution >= 0.6 is 0 Å². The predicted octanol–water partition coefficient (Wildman–Crippen LogP) is 2.79. The minimum absolute atomic E-state index is 0.0162. The van der Waals surface area contributed by atoms with E-state index in [0.717, 1.165) is 18.4 Å². The van der Waals surface area contributed by atoms with Crippen LogP contribution in [0.2, 0.25) is 0 Å². The topological polar surface area (TPSA) is 58.6 Å². The van der Waals surface area contributed by atoms with Gasteiger partial charge in [0.2, 0.25) is 0 Å². The first-order chi connectivity index (χ1) is 12.6. The van der Waals surface area contributed by atoms with Crippen molar-refractivity contribution < 1.29 is 14.3 Å². The van der Waals surface area contributed by atoms with Crippen LogP contribution in [0.5, 0.6) is 5.75 Å². The molecule has 0 bridgehead atoms. The second-order valence-electron chi connectivity index (χ2n) is 6.55. The SMILES string of the molecule is Cc1ccccc1C(=O)NC1CCN(C(=O)COc2ccccc2)CC1. The van der Waals surface area contributed by atoms with Crippen LogP contribution < -0.4 is 10.1 Å². The minimum Gasteiger partial charge on any atom is -0.484 e. The standard InChI is InChI=1S/C21H24N2O3/c1-16-7-5-6-10-19(16)21(25)22-17-11-13-23(14-12-17)20(24)15-26-18-8-3-2-4-9-18/h2-10,17H,11-15H2,1H3,(H,22,25). The van der Waals surface area contributed by atoms with Gasteiger partial charge >= 0.3 is 0 Å². The molecular formula is C21H24N2O3. The smallest absolute Gasteiger partial charge is 0.260 e. The Hall–Kier alpha value is -2.82. The summed E-state index contributed by atoms with van der Waals surface area (Å²) in [6, 6.07) is 17.0. The first-order valence-electron chi connectivity index (χ1n) is 8.95. The van der Waals surface area contributed by atoms with E-state index in [1.165, 1.54) is 0 Å². The van der Waals surface area contributed by atoms with E-state index in [-0.39, 0.29) is 24.5 Å². The number of benzene rings is 2. The summed E-state index contributed by atoms with van der Waals surface area (Å²) in [6.07, 6.45) is 1.52. The van der Waals surface area contributed by atoms with Crippen LogP contribution in [0.4, 0.5) is 0 Å². The van der Waals surface area contributed by atoms with Crippen molar-refractivity contribution in [2.24, 2.45) is 0 Å². The second kappa shape index (κ2) is 8.52. The van der Waals surface area contributed by atoms with Crippen LogP contribution in [0, 0.1) is 6.92 Å². The molecule has 0 atom stereocenters. The fourth-order valence-electron chi connectivity index (χ4n) is 3.12. The van der Waals surface area contributed by atoms with Crippen LogP contribution in [0.25, 0.3) is 0 Å². The Kier molecular flexibility index (Phi) is 5.89. The zero-order chi connectivity index (χ0) is 18.4. The van der Waals surface area contributed by atoms with Gasteiger partial charge in [0.15, 0.2) is 6.61 Å². The third-order valence-electron chi connectivity index (χ3n) is 4.68. The van der Waals surface area contributed by atoms with Crippen molar-refractivity contribution in [3.63, 3.8) is 0 Å². The number of hydrogen-bond acceptors (Lipinski definition) is 3. The van der Waals surface area contributed by atoms with Gasteiger partial charge in [0, 0.05) is 24.7 Å². The lowest BCUT2D eigenvalue weighted by atomic mass is 10.0. The average Bonchev–Trinajstić information content (AvgIpc) is 2.68. The molecule has 0 saturated carbocycles. The van der Waals surface area contributed by atoms with E-state index >= 15 is 0 Å². The monoisotopic (exact) mass is 352 g/mol. The first-order valence-corrected chi connectivity index (χ1v) is 8.95. The van der Waals surface area contributed by atoms with Gasteiger partial charge < -0.3 is 15.0 Å². The summed E-state index contributed by atoms with van der Waals surface area (Å²) in [7, 11) is 0. The molecule has 0 aromatic heterocycles. The van der Waals surface area contributed by atoms with Gasteiger partial charge in [-0.05, 0) is 43.5 Å².